The number of nitro groups is 1. The molecule has 0 atom stereocenters. The fraction of sp³-hybridized carbons (Fsp3) is 0.143. The summed E-state index contributed by atoms with van der Waals surface area (Å²) in [4.78, 5) is 9.79. The van der Waals surface area contributed by atoms with Crippen LogP contribution in [-0.2, 0) is 19.0 Å². The molecule has 0 bridgehead atoms. The van der Waals surface area contributed by atoms with Crippen molar-refractivity contribution < 1.29 is 72.5 Å². The molecule has 17 heavy (non-hydrogen) atoms. The minimum absolute atomic E-state index is 0. The molecule has 0 heterocycles. The summed E-state index contributed by atoms with van der Waals surface area (Å²) in [5, 5.41) is 10.6. The van der Waals surface area contributed by atoms with Gasteiger partial charge in [0.1, 0.15) is 0 Å². The van der Waals surface area contributed by atoms with Crippen LogP contribution in [0.5, 0.6) is 0 Å². The van der Waals surface area contributed by atoms with Crippen molar-refractivity contribution in [3.8, 4) is 0 Å². The van der Waals surface area contributed by atoms with E-state index in [4.69, 9.17) is 0 Å². The van der Waals surface area contributed by atoms with Crippen LogP contribution in [0.25, 0.3) is 0 Å². The third-order valence-electron chi connectivity index (χ3n) is 1.50. The van der Waals surface area contributed by atoms with E-state index in [0.717, 1.165) is 0 Å². The number of benzene rings is 1. The van der Waals surface area contributed by atoms with Gasteiger partial charge in [-0.05, 0) is 0 Å². The van der Waals surface area contributed by atoms with Gasteiger partial charge in [0, 0.05) is 0 Å². The van der Waals surface area contributed by atoms with Crippen molar-refractivity contribution in [3.05, 3.63) is 39.9 Å². The van der Waals surface area contributed by atoms with Gasteiger partial charge in [-0.1, -0.05) is 0 Å². The van der Waals surface area contributed by atoms with E-state index in [-0.39, 0.29) is 62.4 Å². The molecule has 1 rings (SSSR count). The van der Waals surface area contributed by atoms with Gasteiger partial charge in [-0.15, -0.1) is 0 Å². The van der Waals surface area contributed by atoms with E-state index in [1.165, 1.54) is 24.3 Å². The molecule has 0 spiro atoms. The molecule has 7 nitrogen and oxygen atoms in total. The van der Waals surface area contributed by atoms with Crippen LogP contribution >= 0.6 is 0 Å². The zero-order valence-electron chi connectivity index (χ0n) is 8.73. The van der Waals surface area contributed by atoms with Crippen molar-refractivity contribution in [2.24, 2.45) is 0 Å². The van der Waals surface area contributed by atoms with Crippen LogP contribution in [0.3, 0.4) is 0 Å². The Bertz CT molecular complexity index is 476. The van der Waals surface area contributed by atoms with Gasteiger partial charge in [0.2, 0.25) is 0 Å². The number of nitrogens with zero attached hydrogens (tertiary/aromatic N) is 1. The minimum Gasteiger partial charge on any atom is 1.00 e. The molecule has 0 N–H and O–H groups in total. The maximum Gasteiger partial charge on any atom is 1.00 e. The SMILES string of the molecule is O=[N+]([O-])c1ccc(C[Se]OS(=O)(=O)[O-])cc1.[K+]. The smallest absolute Gasteiger partial charge is 1.00 e. The third-order valence-corrected chi connectivity index (χ3v) is 4.37. The quantitative estimate of drug-likeness (QED) is 0.186. The molecule has 0 fully saturated rings. The van der Waals surface area contributed by atoms with E-state index in [1.807, 2.05) is 0 Å². The molecule has 0 radical (unpaired) electrons. The van der Waals surface area contributed by atoms with Crippen molar-refractivity contribution in [1.29, 1.82) is 0 Å². The molecule has 0 aliphatic heterocycles. The van der Waals surface area contributed by atoms with Crippen molar-refractivity contribution in [1.82, 2.24) is 0 Å². The predicted octanol–water partition coefficient (Wildman–Crippen LogP) is -2.81. The van der Waals surface area contributed by atoms with E-state index in [2.05, 4.69) is 3.27 Å². The number of hydrogen-bond donors (Lipinski definition) is 0. The summed E-state index contributed by atoms with van der Waals surface area (Å²) in [7, 11) is -4.65. The summed E-state index contributed by atoms with van der Waals surface area (Å²) >= 11 is -0.823. The Kier molecular flexibility index (Phi) is 8.25. The normalized spacial score (nSPS) is 10.6. The van der Waals surface area contributed by atoms with Gasteiger partial charge in [-0.25, -0.2) is 0 Å². The summed E-state index contributed by atoms with van der Waals surface area (Å²) < 4.78 is 34.4. The van der Waals surface area contributed by atoms with Crippen LogP contribution in [0.15, 0.2) is 24.3 Å². The fourth-order valence-electron chi connectivity index (χ4n) is 0.865. The second-order valence-corrected chi connectivity index (χ2v) is 5.57. The van der Waals surface area contributed by atoms with E-state index in [0.29, 0.717) is 5.56 Å². The summed E-state index contributed by atoms with van der Waals surface area (Å²) in [5.74, 6) is 0. The zero-order valence-corrected chi connectivity index (χ0v) is 14.4. The molecular weight excluding hydrogens is 344 g/mol. The van der Waals surface area contributed by atoms with Gasteiger partial charge in [0.05, 0.1) is 0 Å². The second-order valence-electron chi connectivity index (χ2n) is 2.66. The average Bonchev–Trinajstić information content (AvgIpc) is 2.16. The van der Waals surface area contributed by atoms with Crippen LogP contribution in [0.2, 0.25) is 0 Å². The van der Waals surface area contributed by atoms with E-state index >= 15 is 0 Å². The van der Waals surface area contributed by atoms with Crippen molar-refractivity contribution in [2.45, 2.75) is 5.32 Å². The van der Waals surface area contributed by atoms with Gasteiger partial charge in [-0.3, -0.25) is 0 Å². The monoisotopic (exact) mass is 351 g/mol. The molecule has 0 amide bonds. The van der Waals surface area contributed by atoms with Gasteiger partial charge < -0.3 is 0 Å². The van der Waals surface area contributed by atoms with Gasteiger partial charge in [0.15, 0.2) is 0 Å². The number of hydrogen-bond acceptors (Lipinski definition) is 6. The first-order valence-corrected chi connectivity index (χ1v) is 7.13. The molecule has 0 saturated heterocycles. The topological polar surface area (TPSA) is 110 Å². The van der Waals surface area contributed by atoms with E-state index in [1.54, 1.807) is 0 Å². The van der Waals surface area contributed by atoms with E-state index in [9.17, 15) is 23.1 Å². The minimum atomic E-state index is -4.65. The summed E-state index contributed by atoms with van der Waals surface area (Å²) in [5.41, 5.74) is 0.628. The zero-order chi connectivity index (χ0) is 12.2. The van der Waals surface area contributed by atoms with Crippen molar-refractivity contribution >= 4 is 31.4 Å². The fourth-order valence-corrected chi connectivity index (χ4v) is 2.76. The average molecular weight is 350 g/mol. The molecule has 1 aromatic carbocycles. The first-order chi connectivity index (χ1) is 7.38. The van der Waals surface area contributed by atoms with Gasteiger partial charge in [-0.2, -0.15) is 0 Å². The van der Waals surface area contributed by atoms with Gasteiger partial charge >= 0.3 is 149 Å². The molecule has 88 valence electrons. The van der Waals surface area contributed by atoms with Crippen LogP contribution in [-0.4, -0.2) is 33.2 Å². The maximum atomic E-state index is 10.3. The van der Waals surface area contributed by atoms with Crippen LogP contribution in [0.1, 0.15) is 5.56 Å². The first kappa shape index (κ1) is 17.6. The number of non-ortho nitro benzene ring substituents is 1. The molecule has 0 unspecified atom stereocenters. The van der Waals surface area contributed by atoms with E-state index < -0.39 is 30.6 Å². The second kappa shape index (κ2) is 7.95. The summed E-state index contributed by atoms with van der Waals surface area (Å²) in [6.07, 6.45) is 0. The molecule has 1 aromatic rings. The Morgan fingerprint density at radius 3 is 2.24 bits per heavy atom. The Hall–Kier alpha value is 0.646. The van der Waals surface area contributed by atoms with Crippen LogP contribution in [0.4, 0.5) is 5.69 Å². The van der Waals surface area contributed by atoms with Gasteiger partial charge in [0.25, 0.3) is 0 Å². The summed E-state index contributed by atoms with van der Waals surface area (Å²) in [6.45, 7) is 0. The predicted molar refractivity (Wildman–Crippen MR) is 53.3 cm³/mol. The van der Waals surface area contributed by atoms with Crippen LogP contribution in [0, 0.1) is 10.1 Å². The Labute approximate surface area is 147 Å². The molecular formula is C7H6KNO6SSe. The van der Waals surface area contributed by atoms with Crippen molar-refractivity contribution in [2.75, 3.05) is 0 Å². The molecule has 0 aliphatic rings. The number of nitro benzene ring substituents is 1. The standard InChI is InChI=1S/C7H7NO6SSe.K/c9-8(10)7-3-1-6(2-4-7)5-16-14-15(11,12)13;/h1-4H,5H2,(H,11,12,13);/q;+1/p-1. The molecule has 0 aromatic heterocycles. The van der Waals surface area contributed by atoms with Crippen molar-refractivity contribution in [3.63, 3.8) is 0 Å². The summed E-state index contributed by atoms with van der Waals surface area (Å²) in [6, 6.07) is 5.58. The largest absolute Gasteiger partial charge is 1.00 e. The Morgan fingerprint density at radius 2 is 1.82 bits per heavy atom. The maximum absolute atomic E-state index is 10.3. The molecule has 0 aliphatic carbocycles. The number of rotatable bonds is 5. The third kappa shape index (κ3) is 7.62. The molecule has 0 saturated carbocycles. The Morgan fingerprint density at radius 1 is 1.29 bits per heavy atom. The first-order valence-electron chi connectivity index (χ1n) is 3.89. The Balaban J connectivity index is 0.00000256. The molecule has 10 heteroatoms. The van der Waals surface area contributed by atoms with Crippen LogP contribution < -0.4 is 51.4 Å².